The van der Waals surface area contributed by atoms with E-state index in [2.05, 4.69) is 44.8 Å². The molecule has 150 valence electrons. The molecule has 26 heavy (non-hydrogen) atoms. The van der Waals surface area contributed by atoms with E-state index in [1.54, 1.807) is 18.4 Å². The van der Waals surface area contributed by atoms with Crippen LogP contribution in [0.25, 0.3) is 0 Å². The van der Waals surface area contributed by atoms with Crippen molar-refractivity contribution < 1.29 is 8.42 Å². The molecule has 3 N–H and O–H groups in total. The Morgan fingerprint density at radius 1 is 1.38 bits per heavy atom. The van der Waals surface area contributed by atoms with E-state index in [1.807, 2.05) is 0 Å². The molecule has 1 fully saturated rings. The average molecular weight is 514 g/mol. The minimum Gasteiger partial charge on any atom is -0.356 e. The predicted octanol–water partition coefficient (Wildman–Crippen LogP) is 2.43. The van der Waals surface area contributed by atoms with Gasteiger partial charge in [-0.15, -0.1) is 35.3 Å². The Bertz CT molecular complexity index is 631. The number of guanidine groups is 1. The molecule has 1 aliphatic rings. The van der Waals surface area contributed by atoms with Crippen LogP contribution in [0, 0.1) is 11.8 Å². The van der Waals surface area contributed by atoms with Gasteiger partial charge in [0.15, 0.2) is 5.96 Å². The van der Waals surface area contributed by atoms with E-state index in [0.717, 1.165) is 25.8 Å². The third-order valence-electron chi connectivity index (χ3n) is 4.45. The fourth-order valence-corrected chi connectivity index (χ4v) is 4.53. The Labute approximate surface area is 178 Å². The summed E-state index contributed by atoms with van der Waals surface area (Å²) in [5.74, 6) is 1.71. The predicted molar refractivity (Wildman–Crippen MR) is 121 cm³/mol. The highest BCUT2D eigenvalue weighted by Gasteiger charge is 2.20. The first-order chi connectivity index (χ1) is 12.0. The van der Waals surface area contributed by atoms with Gasteiger partial charge in [-0.2, -0.15) is 0 Å². The van der Waals surface area contributed by atoms with Gasteiger partial charge in [0.1, 0.15) is 0 Å². The summed E-state index contributed by atoms with van der Waals surface area (Å²) in [6, 6.07) is 4.22. The Hall–Kier alpha value is -0.390. The number of rotatable bonds is 10. The van der Waals surface area contributed by atoms with E-state index in [4.69, 9.17) is 0 Å². The first-order valence-electron chi connectivity index (χ1n) is 8.92. The smallest absolute Gasteiger partial charge is 0.213 e. The first-order valence-corrected chi connectivity index (χ1v) is 11.5. The van der Waals surface area contributed by atoms with Gasteiger partial charge in [-0.3, -0.25) is 4.99 Å². The van der Waals surface area contributed by atoms with Gasteiger partial charge in [-0.05, 0) is 42.5 Å². The lowest BCUT2D eigenvalue weighted by atomic mass is 9.86. The van der Waals surface area contributed by atoms with E-state index < -0.39 is 10.0 Å². The van der Waals surface area contributed by atoms with Gasteiger partial charge in [0.05, 0.1) is 5.75 Å². The lowest BCUT2D eigenvalue weighted by molar-refractivity contribution is 0.316. The second-order valence-electron chi connectivity index (χ2n) is 6.73. The maximum atomic E-state index is 12.0. The van der Waals surface area contributed by atoms with Crippen LogP contribution in [0.4, 0.5) is 0 Å². The average Bonchev–Trinajstić information content (AvgIpc) is 3.01. The number of halogens is 1. The minimum absolute atomic E-state index is 0. The molecule has 0 saturated heterocycles. The highest BCUT2D eigenvalue weighted by Crippen LogP contribution is 2.25. The monoisotopic (exact) mass is 514 g/mol. The summed E-state index contributed by atoms with van der Waals surface area (Å²) < 4.78 is 26.7. The van der Waals surface area contributed by atoms with Gasteiger partial charge in [0.25, 0.3) is 0 Å². The zero-order valence-electron chi connectivity index (χ0n) is 15.5. The molecule has 1 heterocycles. The second kappa shape index (κ2) is 12.1. The van der Waals surface area contributed by atoms with Gasteiger partial charge in [0, 0.05) is 31.6 Å². The van der Waals surface area contributed by atoms with Crippen LogP contribution in [0.15, 0.2) is 22.5 Å². The number of nitrogens with one attached hydrogen (secondary N) is 3. The fourth-order valence-electron chi connectivity index (χ4n) is 2.65. The molecule has 1 unspecified atom stereocenters. The highest BCUT2D eigenvalue weighted by molar-refractivity contribution is 14.0. The van der Waals surface area contributed by atoms with E-state index in [9.17, 15) is 8.42 Å². The maximum absolute atomic E-state index is 12.0. The topological polar surface area (TPSA) is 82.6 Å². The normalized spacial score (nSPS) is 16.5. The summed E-state index contributed by atoms with van der Waals surface area (Å²) in [5.41, 5.74) is 0. The Morgan fingerprint density at radius 2 is 2.15 bits per heavy atom. The molecule has 0 aliphatic heterocycles. The van der Waals surface area contributed by atoms with Gasteiger partial charge in [-0.25, -0.2) is 13.1 Å². The van der Waals surface area contributed by atoms with E-state index in [0.29, 0.717) is 30.9 Å². The van der Waals surface area contributed by atoms with Gasteiger partial charge >= 0.3 is 0 Å². The van der Waals surface area contributed by atoms with Crippen LogP contribution in [-0.2, 0) is 16.4 Å². The quantitative estimate of drug-likeness (QED) is 0.255. The zero-order valence-corrected chi connectivity index (χ0v) is 19.5. The van der Waals surface area contributed by atoms with Crippen LogP contribution < -0.4 is 15.4 Å². The lowest BCUT2D eigenvalue weighted by Gasteiger charge is -2.25. The number of hydrogen-bond acceptors (Lipinski definition) is 4. The van der Waals surface area contributed by atoms with Gasteiger partial charge in [-0.1, -0.05) is 19.4 Å². The molecular formula is C17H31IN4O2S2. The molecule has 0 spiro atoms. The zero-order chi connectivity index (χ0) is 18.1. The minimum atomic E-state index is -3.22. The molecule has 2 rings (SSSR count). The Balaban J connectivity index is 0.00000338. The second-order valence-corrected chi connectivity index (χ2v) is 9.69. The Morgan fingerprint density at radius 3 is 2.73 bits per heavy atom. The van der Waals surface area contributed by atoms with Crippen LogP contribution in [0.5, 0.6) is 0 Å². The molecule has 0 bridgehead atoms. The molecule has 1 saturated carbocycles. The van der Waals surface area contributed by atoms with Crippen molar-refractivity contribution in [3.05, 3.63) is 22.4 Å². The maximum Gasteiger partial charge on any atom is 0.213 e. The molecule has 1 aromatic heterocycles. The van der Waals surface area contributed by atoms with Crippen molar-refractivity contribution in [1.29, 1.82) is 0 Å². The Kier molecular flexibility index (Phi) is 11.0. The summed E-state index contributed by atoms with van der Waals surface area (Å²) in [6.07, 6.45) is 4.53. The SMILES string of the molecule is CN=C(NCCS(=O)(=O)NCC1CCC1)NCC(C)Cc1cccs1.I. The standard InChI is InChI=1S/C17H30N4O2S2.HI/c1-14(11-16-7-4-9-24-16)12-20-17(18-2)19-8-10-25(22,23)21-13-15-5-3-6-15;/h4,7,9,14-15,21H,3,5-6,8,10-13H2,1-2H3,(H2,18,19,20);1H. The number of hydrogen-bond donors (Lipinski definition) is 3. The molecule has 1 aromatic rings. The summed E-state index contributed by atoms with van der Waals surface area (Å²) in [4.78, 5) is 5.53. The number of nitrogens with zero attached hydrogens (tertiary/aromatic N) is 1. The van der Waals surface area contributed by atoms with E-state index in [-0.39, 0.29) is 29.7 Å². The van der Waals surface area contributed by atoms with E-state index >= 15 is 0 Å². The third kappa shape index (κ3) is 9.01. The molecule has 6 nitrogen and oxygen atoms in total. The van der Waals surface area contributed by atoms with Crippen LogP contribution in [0.3, 0.4) is 0 Å². The molecule has 0 aromatic carbocycles. The van der Waals surface area contributed by atoms with Crippen molar-refractivity contribution in [2.75, 3.05) is 32.4 Å². The van der Waals surface area contributed by atoms with Crippen molar-refractivity contribution in [2.45, 2.75) is 32.6 Å². The number of thiophene rings is 1. The van der Waals surface area contributed by atoms with Gasteiger partial charge in [0.2, 0.25) is 10.0 Å². The molecule has 9 heteroatoms. The summed E-state index contributed by atoms with van der Waals surface area (Å²) in [7, 11) is -1.52. The summed E-state index contributed by atoms with van der Waals surface area (Å²) >= 11 is 1.77. The lowest BCUT2D eigenvalue weighted by Crippen LogP contribution is -2.43. The summed E-state index contributed by atoms with van der Waals surface area (Å²) in [6.45, 7) is 3.91. The molecular weight excluding hydrogens is 483 g/mol. The molecule has 1 aliphatic carbocycles. The fraction of sp³-hybridized carbons (Fsp3) is 0.706. The van der Waals surface area contributed by atoms with Crippen LogP contribution in [0.1, 0.15) is 31.1 Å². The van der Waals surface area contributed by atoms with Crippen molar-refractivity contribution in [1.82, 2.24) is 15.4 Å². The van der Waals surface area contributed by atoms with Crippen molar-refractivity contribution >= 4 is 51.3 Å². The molecule has 0 amide bonds. The highest BCUT2D eigenvalue weighted by atomic mass is 127. The van der Waals surface area contributed by atoms with Crippen molar-refractivity contribution in [2.24, 2.45) is 16.8 Å². The van der Waals surface area contributed by atoms with E-state index in [1.165, 1.54) is 11.3 Å². The third-order valence-corrected chi connectivity index (χ3v) is 6.70. The van der Waals surface area contributed by atoms with Gasteiger partial charge < -0.3 is 10.6 Å². The number of aliphatic imine (C=N–C) groups is 1. The van der Waals surface area contributed by atoms with Crippen LogP contribution in [-0.4, -0.2) is 46.8 Å². The first kappa shape index (κ1) is 23.6. The molecule has 0 radical (unpaired) electrons. The largest absolute Gasteiger partial charge is 0.356 e. The molecule has 1 atom stereocenters. The van der Waals surface area contributed by atoms with Crippen molar-refractivity contribution in [3.63, 3.8) is 0 Å². The van der Waals surface area contributed by atoms with Crippen LogP contribution in [0.2, 0.25) is 0 Å². The summed E-state index contributed by atoms with van der Waals surface area (Å²) in [5, 5.41) is 8.44. The number of sulfonamides is 1. The van der Waals surface area contributed by atoms with Crippen LogP contribution >= 0.6 is 35.3 Å². The van der Waals surface area contributed by atoms with Crippen molar-refractivity contribution in [3.8, 4) is 0 Å².